The van der Waals surface area contributed by atoms with Crippen LogP contribution in [0.3, 0.4) is 0 Å². The van der Waals surface area contributed by atoms with Gasteiger partial charge in [0.2, 0.25) is 6.43 Å². The summed E-state index contributed by atoms with van der Waals surface area (Å²) in [7, 11) is 1.79. The number of nitrogens with one attached hydrogen (secondary N) is 1. The minimum atomic E-state index is -2.22. The van der Waals surface area contributed by atoms with Crippen LogP contribution in [0.25, 0.3) is 0 Å². The topological polar surface area (TPSA) is 48.5 Å². The van der Waals surface area contributed by atoms with Crippen molar-refractivity contribution in [3.05, 3.63) is 17.3 Å². The average molecular weight is 336 g/mol. The molecule has 24 heavy (non-hydrogen) atoms. The fourth-order valence-electron chi connectivity index (χ4n) is 4.25. The van der Waals surface area contributed by atoms with E-state index in [1.807, 2.05) is 0 Å². The summed E-state index contributed by atoms with van der Waals surface area (Å²) in [5, 5.41) is 3.26. The fraction of sp³-hybridized carbons (Fsp3) is 0.647. The highest BCUT2D eigenvalue weighted by atomic mass is 19.3. The van der Waals surface area contributed by atoms with Crippen molar-refractivity contribution in [2.45, 2.75) is 44.6 Å². The predicted molar refractivity (Wildman–Crippen MR) is 87.6 cm³/mol. The third-order valence-corrected chi connectivity index (χ3v) is 5.58. The molecule has 130 valence electrons. The molecule has 0 radical (unpaired) electrons. The third kappa shape index (κ3) is 2.41. The van der Waals surface area contributed by atoms with Crippen molar-refractivity contribution >= 4 is 17.4 Å². The number of pyridine rings is 1. The highest BCUT2D eigenvalue weighted by Crippen LogP contribution is 2.41. The number of carbonyl (C=O) groups is 1. The maximum atomic E-state index is 12.9. The lowest BCUT2D eigenvalue weighted by atomic mass is 9.85. The lowest BCUT2D eigenvalue weighted by Gasteiger charge is -2.44. The Morgan fingerprint density at radius 3 is 2.75 bits per heavy atom. The fourth-order valence-corrected chi connectivity index (χ4v) is 4.25. The van der Waals surface area contributed by atoms with E-state index in [0.29, 0.717) is 25.1 Å². The molecular weight excluding hydrogens is 314 g/mol. The number of rotatable bonds is 2. The van der Waals surface area contributed by atoms with E-state index < -0.39 is 12.3 Å². The van der Waals surface area contributed by atoms with Crippen LogP contribution >= 0.6 is 0 Å². The second-order valence-electron chi connectivity index (χ2n) is 7.04. The van der Waals surface area contributed by atoms with Crippen LogP contribution in [-0.4, -0.2) is 48.5 Å². The minimum Gasteiger partial charge on any atom is -0.369 e. The minimum absolute atomic E-state index is 0.00952. The van der Waals surface area contributed by atoms with Crippen LogP contribution in [0.4, 0.5) is 20.3 Å². The van der Waals surface area contributed by atoms with E-state index in [1.165, 1.54) is 0 Å². The number of fused-ring (bicyclic) bond motifs is 3. The Labute approximate surface area is 140 Å². The molecular formula is C17H22F2N4O. The standard InChI is InChI=1S/C17H22F2N4O/c1-22-9-23(11-4-2-10(3-5-11)15(18)19)14-12-6-7-20-16(12)21-8-13(14)17(22)24/h8,10-11,15H,2-7,9H2,1H3,(H,20,21)/t10-,11-. The van der Waals surface area contributed by atoms with Crippen LogP contribution in [0.1, 0.15) is 41.6 Å². The van der Waals surface area contributed by atoms with Gasteiger partial charge in [-0.05, 0) is 32.1 Å². The van der Waals surface area contributed by atoms with Crippen molar-refractivity contribution in [2.24, 2.45) is 5.92 Å². The molecule has 1 amide bonds. The number of halogens is 2. The first-order valence-electron chi connectivity index (χ1n) is 8.62. The largest absolute Gasteiger partial charge is 0.369 e. The van der Waals surface area contributed by atoms with Crippen molar-refractivity contribution in [1.82, 2.24) is 9.88 Å². The molecule has 0 aromatic carbocycles. The second-order valence-corrected chi connectivity index (χ2v) is 7.04. The SMILES string of the molecule is CN1CN([C@H]2CC[C@H](C(F)F)CC2)c2c(cnc3c2CCN3)C1=O. The molecule has 0 unspecified atom stereocenters. The van der Waals surface area contributed by atoms with Gasteiger partial charge in [-0.25, -0.2) is 13.8 Å². The Morgan fingerprint density at radius 1 is 1.29 bits per heavy atom. The second kappa shape index (κ2) is 5.86. The summed E-state index contributed by atoms with van der Waals surface area (Å²) in [5.74, 6) is 0.372. The Hall–Kier alpha value is -1.92. The number of hydrogen-bond donors (Lipinski definition) is 1. The first kappa shape index (κ1) is 15.6. The summed E-state index contributed by atoms with van der Waals surface area (Å²) in [6.07, 6.45) is 2.89. The zero-order chi connectivity index (χ0) is 16.8. The zero-order valence-electron chi connectivity index (χ0n) is 13.8. The lowest BCUT2D eigenvalue weighted by Crippen LogP contribution is -2.50. The molecule has 7 heteroatoms. The quantitative estimate of drug-likeness (QED) is 0.902. The number of anilines is 2. The third-order valence-electron chi connectivity index (χ3n) is 5.58. The molecule has 3 heterocycles. The smallest absolute Gasteiger partial charge is 0.258 e. The predicted octanol–water partition coefficient (Wildman–Crippen LogP) is 2.72. The first-order chi connectivity index (χ1) is 11.6. The molecule has 3 aliphatic rings. The molecule has 1 N–H and O–H groups in total. The summed E-state index contributed by atoms with van der Waals surface area (Å²) in [6, 6.07) is 0.210. The summed E-state index contributed by atoms with van der Waals surface area (Å²) >= 11 is 0. The van der Waals surface area contributed by atoms with Crippen LogP contribution in [0.15, 0.2) is 6.20 Å². The van der Waals surface area contributed by atoms with Crippen molar-refractivity contribution in [3.8, 4) is 0 Å². The van der Waals surface area contributed by atoms with Gasteiger partial charge in [0.1, 0.15) is 5.82 Å². The van der Waals surface area contributed by atoms with Gasteiger partial charge in [-0.2, -0.15) is 0 Å². The van der Waals surface area contributed by atoms with Gasteiger partial charge >= 0.3 is 0 Å². The van der Waals surface area contributed by atoms with Gasteiger partial charge in [-0.1, -0.05) is 0 Å². The highest BCUT2D eigenvalue weighted by Gasteiger charge is 2.38. The van der Waals surface area contributed by atoms with Crippen LogP contribution in [0.5, 0.6) is 0 Å². The van der Waals surface area contributed by atoms with Gasteiger partial charge < -0.3 is 15.1 Å². The van der Waals surface area contributed by atoms with Gasteiger partial charge in [-0.15, -0.1) is 0 Å². The van der Waals surface area contributed by atoms with Crippen molar-refractivity contribution in [2.75, 3.05) is 30.5 Å². The molecule has 1 aromatic heterocycles. The van der Waals surface area contributed by atoms with Crippen LogP contribution in [0.2, 0.25) is 0 Å². The van der Waals surface area contributed by atoms with E-state index >= 15 is 0 Å². The van der Waals surface area contributed by atoms with E-state index in [4.69, 9.17) is 0 Å². The molecule has 5 nitrogen and oxygen atoms in total. The molecule has 0 spiro atoms. The number of alkyl halides is 2. The maximum Gasteiger partial charge on any atom is 0.258 e. The monoisotopic (exact) mass is 336 g/mol. The Bertz CT molecular complexity index is 658. The average Bonchev–Trinajstić information content (AvgIpc) is 3.06. The number of amides is 1. The van der Waals surface area contributed by atoms with Gasteiger partial charge in [0.05, 0.1) is 17.9 Å². The van der Waals surface area contributed by atoms with E-state index in [1.54, 1.807) is 18.1 Å². The Kier molecular flexibility index (Phi) is 3.81. The van der Waals surface area contributed by atoms with Gasteiger partial charge in [-0.3, -0.25) is 4.79 Å². The van der Waals surface area contributed by atoms with E-state index in [9.17, 15) is 13.6 Å². The van der Waals surface area contributed by atoms with Crippen LogP contribution in [-0.2, 0) is 6.42 Å². The highest BCUT2D eigenvalue weighted by molar-refractivity contribution is 6.02. The van der Waals surface area contributed by atoms with Crippen molar-refractivity contribution in [3.63, 3.8) is 0 Å². The Morgan fingerprint density at radius 2 is 2.04 bits per heavy atom. The van der Waals surface area contributed by atoms with Gasteiger partial charge in [0, 0.05) is 37.3 Å². The van der Waals surface area contributed by atoms with E-state index in [-0.39, 0.29) is 11.9 Å². The number of carbonyl (C=O) groups excluding carboxylic acids is 1. The van der Waals surface area contributed by atoms with Crippen LogP contribution < -0.4 is 10.2 Å². The number of hydrogen-bond acceptors (Lipinski definition) is 4. The summed E-state index contributed by atoms with van der Waals surface area (Å²) in [6.45, 7) is 1.35. The molecule has 2 aliphatic heterocycles. The molecule has 1 aromatic rings. The molecule has 1 saturated carbocycles. The molecule has 0 atom stereocenters. The molecule has 4 rings (SSSR count). The molecule has 1 fully saturated rings. The molecule has 0 saturated heterocycles. The lowest BCUT2D eigenvalue weighted by molar-refractivity contribution is 0.0514. The van der Waals surface area contributed by atoms with Gasteiger partial charge in [0.15, 0.2) is 0 Å². The Balaban J connectivity index is 1.67. The summed E-state index contributed by atoms with van der Waals surface area (Å²) < 4.78 is 25.9. The van der Waals surface area contributed by atoms with Crippen molar-refractivity contribution in [1.29, 1.82) is 0 Å². The summed E-state index contributed by atoms with van der Waals surface area (Å²) in [5.41, 5.74) is 2.72. The van der Waals surface area contributed by atoms with Crippen molar-refractivity contribution < 1.29 is 13.6 Å². The zero-order valence-corrected chi connectivity index (χ0v) is 13.8. The van der Waals surface area contributed by atoms with Crippen LogP contribution in [0, 0.1) is 5.92 Å². The van der Waals surface area contributed by atoms with E-state index in [2.05, 4.69) is 15.2 Å². The molecule has 1 aliphatic carbocycles. The maximum absolute atomic E-state index is 12.9. The summed E-state index contributed by atoms with van der Waals surface area (Å²) in [4.78, 5) is 20.9. The first-order valence-corrected chi connectivity index (χ1v) is 8.62. The number of nitrogens with zero attached hydrogens (tertiary/aromatic N) is 3. The molecule has 0 bridgehead atoms. The normalized spacial score (nSPS) is 26.4. The number of aromatic nitrogens is 1. The van der Waals surface area contributed by atoms with Gasteiger partial charge in [0.25, 0.3) is 5.91 Å². The van der Waals surface area contributed by atoms with E-state index in [0.717, 1.165) is 42.9 Å².